The molecule has 0 unspecified atom stereocenters. The Bertz CT molecular complexity index is 851. The molecule has 1 aromatic carbocycles. The molecule has 0 saturated carbocycles. The molecule has 0 bridgehead atoms. The second-order valence-corrected chi connectivity index (χ2v) is 8.03. The highest BCUT2D eigenvalue weighted by atomic mass is 16.3. The Hall–Kier alpha value is -3.09. The van der Waals surface area contributed by atoms with Crippen molar-refractivity contribution in [2.75, 3.05) is 17.2 Å². The molecular formula is C21H25N3O4. The Morgan fingerprint density at radius 2 is 1.75 bits per heavy atom. The van der Waals surface area contributed by atoms with Crippen LogP contribution in [0, 0.1) is 11.3 Å². The van der Waals surface area contributed by atoms with Gasteiger partial charge in [-0.2, -0.15) is 0 Å². The van der Waals surface area contributed by atoms with Gasteiger partial charge >= 0.3 is 0 Å². The number of amides is 3. The number of hydrogen-bond acceptors (Lipinski definition) is 4. The van der Waals surface area contributed by atoms with Crippen LogP contribution >= 0.6 is 0 Å². The zero-order chi connectivity index (χ0) is 20.3. The SMILES string of the molecule is CC(C)(C)C(=O)Nc1ccc(NC(=O)[C@H]2CC(=O)N(Cc3ccco3)C2)cc1. The van der Waals surface area contributed by atoms with Crippen molar-refractivity contribution in [3.63, 3.8) is 0 Å². The minimum atomic E-state index is -0.483. The van der Waals surface area contributed by atoms with E-state index < -0.39 is 11.3 Å². The smallest absolute Gasteiger partial charge is 0.229 e. The Labute approximate surface area is 164 Å². The minimum absolute atomic E-state index is 0.0585. The molecule has 1 aliphatic rings. The lowest BCUT2D eigenvalue weighted by molar-refractivity contribution is -0.129. The quantitative estimate of drug-likeness (QED) is 0.829. The summed E-state index contributed by atoms with van der Waals surface area (Å²) in [5, 5.41) is 5.68. The van der Waals surface area contributed by atoms with Crippen molar-refractivity contribution >= 4 is 29.1 Å². The summed E-state index contributed by atoms with van der Waals surface area (Å²) in [6, 6.07) is 10.5. The third-order valence-electron chi connectivity index (χ3n) is 4.60. The number of anilines is 2. The van der Waals surface area contributed by atoms with Crippen LogP contribution in [0.4, 0.5) is 11.4 Å². The molecule has 3 amide bonds. The monoisotopic (exact) mass is 383 g/mol. The molecule has 148 valence electrons. The van der Waals surface area contributed by atoms with Crippen LogP contribution < -0.4 is 10.6 Å². The lowest BCUT2D eigenvalue weighted by Crippen LogP contribution is -2.28. The van der Waals surface area contributed by atoms with E-state index in [0.29, 0.717) is 30.2 Å². The molecule has 7 heteroatoms. The molecule has 1 aliphatic heterocycles. The van der Waals surface area contributed by atoms with Gasteiger partial charge in [0.25, 0.3) is 0 Å². The number of carbonyl (C=O) groups excluding carboxylic acids is 3. The fraction of sp³-hybridized carbons (Fsp3) is 0.381. The number of likely N-dealkylation sites (tertiary alicyclic amines) is 1. The van der Waals surface area contributed by atoms with Crippen LogP contribution in [-0.4, -0.2) is 29.2 Å². The van der Waals surface area contributed by atoms with Gasteiger partial charge in [-0.15, -0.1) is 0 Å². The van der Waals surface area contributed by atoms with Gasteiger partial charge in [0, 0.05) is 29.8 Å². The highest BCUT2D eigenvalue weighted by Gasteiger charge is 2.34. The van der Waals surface area contributed by atoms with Crippen molar-refractivity contribution in [3.05, 3.63) is 48.4 Å². The van der Waals surface area contributed by atoms with Crippen molar-refractivity contribution in [3.8, 4) is 0 Å². The van der Waals surface area contributed by atoms with Crippen molar-refractivity contribution in [2.45, 2.75) is 33.7 Å². The highest BCUT2D eigenvalue weighted by Crippen LogP contribution is 2.23. The number of nitrogens with one attached hydrogen (secondary N) is 2. The van der Waals surface area contributed by atoms with E-state index in [9.17, 15) is 14.4 Å². The molecule has 0 spiro atoms. The molecular weight excluding hydrogens is 358 g/mol. The van der Waals surface area contributed by atoms with E-state index in [4.69, 9.17) is 4.42 Å². The second-order valence-electron chi connectivity index (χ2n) is 8.03. The fourth-order valence-electron chi connectivity index (χ4n) is 2.89. The number of nitrogens with zero attached hydrogens (tertiary/aromatic N) is 1. The van der Waals surface area contributed by atoms with Crippen molar-refractivity contribution < 1.29 is 18.8 Å². The van der Waals surface area contributed by atoms with Gasteiger partial charge in [0.2, 0.25) is 17.7 Å². The standard InChI is InChI=1S/C21H25N3O4/c1-21(2,3)20(27)23-16-8-6-15(7-9-16)22-19(26)14-11-18(25)24(12-14)13-17-5-4-10-28-17/h4-10,14H,11-13H2,1-3H3,(H,22,26)(H,23,27)/t14-/m0/s1. The van der Waals surface area contributed by atoms with E-state index in [-0.39, 0.29) is 24.1 Å². The molecule has 3 rings (SSSR count). The van der Waals surface area contributed by atoms with Gasteiger partial charge in [0.1, 0.15) is 5.76 Å². The summed E-state index contributed by atoms with van der Waals surface area (Å²) in [6.07, 6.45) is 1.75. The molecule has 2 N–H and O–H groups in total. The number of benzene rings is 1. The van der Waals surface area contributed by atoms with Crippen LogP contribution in [0.5, 0.6) is 0 Å². The molecule has 0 aliphatic carbocycles. The largest absolute Gasteiger partial charge is 0.467 e. The average Bonchev–Trinajstić information content (AvgIpc) is 3.26. The van der Waals surface area contributed by atoms with E-state index in [1.165, 1.54) is 0 Å². The molecule has 2 aromatic rings. The Balaban J connectivity index is 1.54. The second kappa shape index (κ2) is 7.88. The first-order valence-corrected chi connectivity index (χ1v) is 9.25. The van der Waals surface area contributed by atoms with E-state index >= 15 is 0 Å². The third kappa shape index (κ3) is 4.79. The van der Waals surface area contributed by atoms with Gasteiger partial charge < -0.3 is 20.0 Å². The van der Waals surface area contributed by atoms with Gasteiger partial charge in [0.15, 0.2) is 0 Å². The average molecular weight is 383 g/mol. The maximum atomic E-state index is 12.5. The van der Waals surface area contributed by atoms with Gasteiger partial charge in [0.05, 0.1) is 18.7 Å². The molecule has 28 heavy (non-hydrogen) atoms. The Morgan fingerprint density at radius 3 is 2.32 bits per heavy atom. The van der Waals surface area contributed by atoms with E-state index in [1.54, 1.807) is 47.6 Å². The lowest BCUT2D eigenvalue weighted by Gasteiger charge is -2.18. The van der Waals surface area contributed by atoms with Crippen LogP contribution in [0.3, 0.4) is 0 Å². The highest BCUT2D eigenvalue weighted by molar-refractivity contribution is 5.98. The molecule has 1 saturated heterocycles. The van der Waals surface area contributed by atoms with Crippen molar-refractivity contribution in [2.24, 2.45) is 11.3 Å². The molecule has 1 aromatic heterocycles. The first-order chi connectivity index (χ1) is 13.2. The van der Waals surface area contributed by atoms with E-state index in [2.05, 4.69) is 10.6 Å². The van der Waals surface area contributed by atoms with Crippen molar-refractivity contribution in [1.82, 2.24) is 4.90 Å². The van der Waals surface area contributed by atoms with Crippen LogP contribution in [0.1, 0.15) is 33.0 Å². The van der Waals surface area contributed by atoms with Crippen LogP contribution in [-0.2, 0) is 20.9 Å². The zero-order valence-electron chi connectivity index (χ0n) is 16.3. The van der Waals surface area contributed by atoms with E-state index in [0.717, 1.165) is 0 Å². The lowest BCUT2D eigenvalue weighted by atomic mass is 9.95. The van der Waals surface area contributed by atoms with Gasteiger partial charge in [-0.1, -0.05) is 20.8 Å². The fourth-order valence-corrected chi connectivity index (χ4v) is 2.89. The third-order valence-corrected chi connectivity index (χ3v) is 4.60. The summed E-state index contributed by atoms with van der Waals surface area (Å²) in [5.74, 6) is -0.0333. The minimum Gasteiger partial charge on any atom is -0.467 e. The van der Waals surface area contributed by atoms with Gasteiger partial charge in [-0.05, 0) is 36.4 Å². The van der Waals surface area contributed by atoms with Gasteiger partial charge in [-0.3, -0.25) is 14.4 Å². The van der Waals surface area contributed by atoms with Crippen molar-refractivity contribution in [1.29, 1.82) is 0 Å². The number of furan rings is 1. The summed E-state index contributed by atoms with van der Waals surface area (Å²) in [7, 11) is 0. The number of carbonyl (C=O) groups is 3. The van der Waals surface area contributed by atoms with E-state index in [1.807, 2.05) is 20.8 Å². The predicted octanol–water partition coefficient (Wildman–Crippen LogP) is 3.25. The summed E-state index contributed by atoms with van der Waals surface area (Å²) in [4.78, 5) is 38.3. The molecule has 1 fully saturated rings. The topological polar surface area (TPSA) is 91.7 Å². The van der Waals surface area contributed by atoms with Crippen LogP contribution in [0.25, 0.3) is 0 Å². The molecule has 2 heterocycles. The zero-order valence-corrected chi connectivity index (χ0v) is 16.3. The maximum Gasteiger partial charge on any atom is 0.229 e. The first-order valence-electron chi connectivity index (χ1n) is 9.25. The molecule has 0 radical (unpaired) electrons. The maximum absolute atomic E-state index is 12.5. The molecule has 1 atom stereocenters. The normalized spacial score (nSPS) is 16.9. The number of hydrogen-bond donors (Lipinski definition) is 2. The van der Waals surface area contributed by atoms with Crippen LogP contribution in [0.2, 0.25) is 0 Å². The Morgan fingerprint density at radius 1 is 1.11 bits per heavy atom. The van der Waals surface area contributed by atoms with Gasteiger partial charge in [-0.25, -0.2) is 0 Å². The molecule has 7 nitrogen and oxygen atoms in total. The first kappa shape index (κ1) is 19.7. The summed E-state index contributed by atoms with van der Waals surface area (Å²) < 4.78 is 5.27. The predicted molar refractivity (Wildman–Crippen MR) is 105 cm³/mol. The Kier molecular flexibility index (Phi) is 5.53. The van der Waals surface area contributed by atoms with Crippen LogP contribution in [0.15, 0.2) is 47.1 Å². The summed E-state index contributed by atoms with van der Waals surface area (Å²) >= 11 is 0. The number of rotatable bonds is 5. The summed E-state index contributed by atoms with van der Waals surface area (Å²) in [6.45, 7) is 6.27. The summed E-state index contributed by atoms with van der Waals surface area (Å²) in [5.41, 5.74) is 0.804.